The predicted molar refractivity (Wildman–Crippen MR) is 128 cm³/mol. The molecule has 2 aromatic carbocycles. The van der Waals surface area contributed by atoms with Crippen molar-refractivity contribution >= 4 is 34.1 Å². The van der Waals surface area contributed by atoms with Gasteiger partial charge < -0.3 is 20.3 Å². The van der Waals surface area contributed by atoms with Crippen molar-refractivity contribution in [2.45, 2.75) is 44.8 Å². The third-order valence-electron chi connectivity index (χ3n) is 6.46. The summed E-state index contributed by atoms with van der Waals surface area (Å²) >= 11 is 5.89. The number of H-pyrrole nitrogens is 1. The summed E-state index contributed by atoms with van der Waals surface area (Å²) in [6, 6.07) is 10.7. The van der Waals surface area contributed by atoms with Gasteiger partial charge in [0.15, 0.2) is 0 Å². The van der Waals surface area contributed by atoms with Crippen molar-refractivity contribution < 1.29 is 14.3 Å². The van der Waals surface area contributed by atoms with Gasteiger partial charge in [-0.2, -0.15) is 0 Å². The highest BCUT2D eigenvalue weighted by molar-refractivity contribution is 6.31. The number of nitrogens with zero attached hydrogens (tertiary/aromatic N) is 1. The van der Waals surface area contributed by atoms with E-state index in [1.807, 2.05) is 25.1 Å². The van der Waals surface area contributed by atoms with Crippen LogP contribution in [0.25, 0.3) is 10.8 Å². The molecular weight excluding hydrogens is 445 g/mol. The Labute approximate surface area is 196 Å². The number of carbonyl (C=O) groups is 1. The first-order chi connectivity index (χ1) is 15.8. The lowest BCUT2D eigenvalue weighted by Crippen LogP contribution is -2.41. The maximum Gasteiger partial charge on any atom is 0.322 e. The number of pyridine rings is 1. The molecule has 0 bridgehead atoms. The van der Waals surface area contributed by atoms with Crippen molar-refractivity contribution in [1.29, 1.82) is 0 Å². The average Bonchev–Trinajstić information content (AvgIpc) is 2.81. The number of aromatic amines is 1. The largest absolute Gasteiger partial charge is 0.393 e. The zero-order chi connectivity index (χ0) is 23.5. The summed E-state index contributed by atoms with van der Waals surface area (Å²) in [5, 5.41) is 14.0. The summed E-state index contributed by atoms with van der Waals surface area (Å²) in [5.41, 5.74) is 1.04. The number of nitrogens with one attached hydrogen (secondary N) is 2. The first-order valence-corrected chi connectivity index (χ1v) is 11.5. The van der Waals surface area contributed by atoms with Gasteiger partial charge in [0, 0.05) is 23.8 Å². The minimum absolute atomic E-state index is 0.0692. The summed E-state index contributed by atoms with van der Waals surface area (Å²) in [6.45, 7) is 2.41. The molecule has 1 heterocycles. The van der Waals surface area contributed by atoms with E-state index in [0.717, 1.165) is 23.8 Å². The molecule has 2 amide bonds. The molecule has 3 aromatic rings. The van der Waals surface area contributed by atoms with Crippen LogP contribution in [0.5, 0.6) is 0 Å². The van der Waals surface area contributed by atoms with Crippen LogP contribution in [0.2, 0.25) is 5.02 Å². The Hall–Kier alpha value is -2.90. The number of benzene rings is 2. The van der Waals surface area contributed by atoms with Crippen LogP contribution in [0.1, 0.15) is 44.2 Å². The molecule has 0 spiro atoms. The summed E-state index contributed by atoms with van der Waals surface area (Å²) in [4.78, 5) is 30.2. The first-order valence-electron chi connectivity index (χ1n) is 11.1. The van der Waals surface area contributed by atoms with Crippen LogP contribution in [0, 0.1) is 11.7 Å². The number of carbonyl (C=O) groups excluding carboxylic acids is 1. The number of aromatic nitrogens is 1. The molecule has 1 aliphatic carbocycles. The molecule has 8 heteroatoms. The summed E-state index contributed by atoms with van der Waals surface area (Å²) < 4.78 is 13.6. The Morgan fingerprint density at radius 1 is 1.21 bits per heavy atom. The first kappa shape index (κ1) is 23.3. The van der Waals surface area contributed by atoms with E-state index in [4.69, 9.17) is 11.6 Å². The Balaban J connectivity index is 1.66. The molecule has 4 rings (SSSR count). The third kappa shape index (κ3) is 5.20. The van der Waals surface area contributed by atoms with Crippen molar-refractivity contribution in [3.05, 3.63) is 75.4 Å². The zero-order valence-corrected chi connectivity index (χ0v) is 19.1. The highest BCUT2D eigenvalue weighted by atomic mass is 35.5. The van der Waals surface area contributed by atoms with Gasteiger partial charge >= 0.3 is 6.03 Å². The second-order valence-corrected chi connectivity index (χ2v) is 9.09. The highest BCUT2D eigenvalue weighted by Crippen LogP contribution is 2.31. The number of aliphatic hydroxyl groups excluding tert-OH is 1. The minimum atomic E-state index is -0.555. The van der Waals surface area contributed by atoms with E-state index >= 15 is 0 Å². The van der Waals surface area contributed by atoms with Gasteiger partial charge in [-0.1, -0.05) is 29.8 Å². The Bertz CT molecular complexity index is 1210. The van der Waals surface area contributed by atoms with Gasteiger partial charge in [-0.3, -0.25) is 4.79 Å². The van der Waals surface area contributed by atoms with Gasteiger partial charge in [-0.25, -0.2) is 9.18 Å². The van der Waals surface area contributed by atoms with Crippen LogP contribution in [-0.2, 0) is 0 Å². The molecule has 1 unspecified atom stereocenters. The molecule has 3 N–H and O–H groups in total. The third-order valence-corrected chi connectivity index (χ3v) is 6.75. The number of hydrogen-bond donors (Lipinski definition) is 3. The molecule has 1 fully saturated rings. The summed E-state index contributed by atoms with van der Waals surface area (Å²) in [5.74, 6) is -0.312. The van der Waals surface area contributed by atoms with E-state index in [2.05, 4.69) is 10.3 Å². The van der Waals surface area contributed by atoms with Crippen LogP contribution < -0.4 is 10.9 Å². The quantitative estimate of drug-likeness (QED) is 0.461. The lowest BCUT2D eigenvalue weighted by molar-refractivity contribution is 0.0939. The Morgan fingerprint density at radius 2 is 1.91 bits per heavy atom. The number of aliphatic hydroxyl groups is 1. The number of fused-ring (bicyclic) bond motifs is 1. The van der Waals surface area contributed by atoms with Crippen LogP contribution in [-0.4, -0.2) is 33.7 Å². The lowest BCUT2D eigenvalue weighted by atomic mass is 9.86. The van der Waals surface area contributed by atoms with Crippen LogP contribution in [0.3, 0.4) is 0 Å². The molecule has 174 valence electrons. The minimum Gasteiger partial charge on any atom is -0.393 e. The molecule has 0 radical (unpaired) electrons. The number of urea groups is 1. The molecule has 1 saturated carbocycles. The van der Waals surface area contributed by atoms with Crippen molar-refractivity contribution in [3.8, 4) is 0 Å². The maximum atomic E-state index is 13.6. The van der Waals surface area contributed by atoms with Gasteiger partial charge in [-0.15, -0.1) is 0 Å². The second-order valence-electron chi connectivity index (χ2n) is 8.68. The van der Waals surface area contributed by atoms with E-state index in [9.17, 15) is 19.1 Å². The van der Waals surface area contributed by atoms with E-state index in [1.165, 1.54) is 18.2 Å². The average molecular weight is 472 g/mol. The molecular formula is C25H27ClFN3O3. The topological polar surface area (TPSA) is 85.4 Å². The fourth-order valence-corrected chi connectivity index (χ4v) is 4.72. The van der Waals surface area contributed by atoms with E-state index in [0.29, 0.717) is 30.5 Å². The van der Waals surface area contributed by atoms with Gasteiger partial charge in [0.25, 0.3) is 5.56 Å². The Morgan fingerprint density at radius 3 is 2.61 bits per heavy atom. The van der Waals surface area contributed by atoms with Gasteiger partial charge in [0.05, 0.1) is 17.2 Å². The molecule has 1 aromatic heterocycles. The SMILES string of the molecule is CC(c1c[nH]c(=O)c2ccccc12)N(C[C@H]1CC[C@H](O)CC1)C(=O)Nc1ccc(F)c(Cl)c1. The molecule has 1 aliphatic rings. The lowest BCUT2D eigenvalue weighted by Gasteiger charge is -2.35. The van der Waals surface area contributed by atoms with Crippen molar-refractivity contribution in [2.75, 3.05) is 11.9 Å². The number of rotatable bonds is 5. The fourth-order valence-electron chi connectivity index (χ4n) is 4.54. The maximum absolute atomic E-state index is 13.6. The molecule has 6 nitrogen and oxygen atoms in total. The van der Waals surface area contributed by atoms with Gasteiger partial charge in [-0.05, 0) is 73.7 Å². The molecule has 0 saturated heterocycles. The van der Waals surface area contributed by atoms with Crippen molar-refractivity contribution in [2.24, 2.45) is 5.92 Å². The predicted octanol–water partition coefficient (Wildman–Crippen LogP) is 5.47. The van der Waals surface area contributed by atoms with E-state index < -0.39 is 5.82 Å². The monoisotopic (exact) mass is 471 g/mol. The summed E-state index contributed by atoms with van der Waals surface area (Å²) in [7, 11) is 0. The standard InChI is InChI=1S/C25H27ClFN3O3/c1-15(21-13-28-24(32)20-5-3-2-4-19(20)21)30(14-16-6-9-18(31)10-7-16)25(33)29-17-8-11-23(27)22(26)12-17/h2-5,8,11-13,15-16,18,31H,6-7,9-10,14H2,1H3,(H,28,32)(H,29,33)/t15?,16-,18-. The van der Waals surface area contributed by atoms with Gasteiger partial charge in [0.2, 0.25) is 0 Å². The number of hydrogen-bond acceptors (Lipinski definition) is 3. The number of amides is 2. The van der Waals surface area contributed by atoms with E-state index in [-0.39, 0.29) is 34.7 Å². The van der Waals surface area contributed by atoms with Crippen molar-refractivity contribution in [3.63, 3.8) is 0 Å². The Kier molecular flexibility index (Phi) is 7.00. The summed E-state index contributed by atoms with van der Waals surface area (Å²) in [6.07, 6.45) is 4.45. The molecule has 0 aliphatic heterocycles. The van der Waals surface area contributed by atoms with Gasteiger partial charge in [0.1, 0.15) is 5.82 Å². The molecule has 33 heavy (non-hydrogen) atoms. The highest BCUT2D eigenvalue weighted by Gasteiger charge is 2.29. The van der Waals surface area contributed by atoms with Crippen LogP contribution in [0.4, 0.5) is 14.9 Å². The van der Waals surface area contributed by atoms with Crippen molar-refractivity contribution in [1.82, 2.24) is 9.88 Å². The van der Waals surface area contributed by atoms with E-state index in [1.54, 1.807) is 17.2 Å². The van der Waals surface area contributed by atoms with Crippen LogP contribution in [0.15, 0.2) is 53.5 Å². The zero-order valence-electron chi connectivity index (χ0n) is 18.4. The fraction of sp³-hybridized carbons (Fsp3) is 0.360. The molecule has 1 atom stereocenters. The van der Waals surface area contributed by atoms with Crippen LogP contribution >= 0.6 is 11.6 Å². The number of halogens is 2. The smallest absolute Gasteiger partial charge is 0.322 e. The normalized spacial score (nSPS) is 19.3. The number of anilines is 1. The second kappa shape index (κ2) is 9.93.